The van der Waals surface area contributed by atoms with Gasteiger partial charge in [-0.3, -0.25) is 9.79 Å². The number of halogens is 1. The van der Waals surface area contributed by atoms with E-state index in [1.54, 1.807) is 7.05 Å². The fourth-order valence-corrected chi connectivity index (χ4v) is 3.70. The molecule has 7 heteroatoms. The van der Waals surface area contributed by atoms with E-state index in [1.165, 1.54) is 5.56 Å². The monoisotopic (exact) mass is 536 g/mol. The summed E-state index contributed by atoms with van der Waals surface area (Å²) in [6.45, 7) is 5.55. The van der Waals surface area contributed by atoms with Gasteiger partial charge in [-0.15, -0.1) is 24.0 Å². The molecule has 0 bridgehead atoms. The average Bonchev–Trinajstić information content (AvgIpc) is 3.13. The van der Waals surface area contributed by atoms with E-state index in [-0.39, 0.29) is 29.9 Å². The summed E-state index contributed by atoms with van der Waals surface area (Å²) in [7, 11) is 1.76. The molecule has 1 amide bonds. The van der Waals surface area contributed by atoms with Crippen molar-refractivity contribution in [2.24, 2.45) is 10.9 Å². The van der Waals surface area contributed by atoms with Crippen molar-refractivity contribution in [1.82, 2.24) is 15.5 Å². The zero-order valence-electron chi connectivity index (χ0n) is 18.3. The second kappa shape index (κ2) is 13.2. The zero-order chi connectivity index (χ0) is 21.2. The molecule has 1 aliphatic rings. The van der Waals surface area contributed by atoms with Crippen LogP contribution in [-0.4, -0.2) is 50.1 Å². The molecular formula is C24H33IN4O2. The molecule has 168 valence electrons. The van der Waals surface area contributed by atoms with Crippen LogP contribution >= 0.6 is 24.0 Å². The Morgan fingerprint density at radius 1 is 1.13 bits per heavy atom. The highest BCUT2D eigenvalue weighted by Crippen LogP contribution is 2.19. The number of aliphatic imine (C=N–C) groups is 1. The minimum Gasteiger partial charge on any atom is -0.494 e. The Morgan fingerprint density at radius 2 is 1.87 bits per heavy atom. The summed E-state index contributed by atoms with van der Waals surface area (Å²) in [4.78, 5) is 18.7. The number of para-hydroxylation sites is 1. The minimum absolute atomic E-state index is 0. The summed E-state index contributed by atoms with van der Waals surface area (Å²) in [5, 5.41) is 6.71. The molecule has 1 atom stereocenters. The van der Waals surface area contributed by atoms with Crippen LogP contribution in [0.5, 0.6) is 5.75 Å². The third kappa shape index (κ3) is 7.72. The van der Waals surface area contributed by atoms with E-state index in [2.05, 4.69) is 27.8 Å². The molecule has 0 radical (unpaired) electrons. The Labute approximate surface area is 202 Å². The van der Waals surface area contributed by atoms with Crippen LogP contribution in [0.25, 0.3) is 0 Å². The van der Waals surface area contributed by atoms with Crippen molar-refractivity contribution in [2.45, 2.75) is 26.3 Å². The van der Waals surface area contributed by atoms with Crippen LogP contribution in [0, 0.1) is 5.92 Å². The van der Waals surface area contributed by atoms with Gasteiger partial charge < -0.3 is 20.3 Å². The largest absolute Gasteiger partial charge is 0.494 e. The lowest BCUT2D eigenvalue weighted by atomic mass is 10.1. The molecule has 0 aromatic heterocycles. The summed E-state index contributed by atoms with van der Waals surface area (Å²) in [6, 6.07) is 18.3. The summed E-state index contributed by atoms with van der Waals surface area (Å²) in [5.41, 5.74) is 2.36. The SMILES string of the molecule is CCOc1ccccc1CNC(=NC)NCC1CC(=O)N(CCc2ccccc2)C1.I. The topological polar surface area (TPSA) is 66.0 Å². The predicted molar refractivity (Wildman–Crippen MR) is 136 cm³/mol. The van der Waals surface area contributed by atoms with Gasteiger partial charge in [-0.05, 0) is 25.0 Å². The van der Waals surface area contributed by atoms with Gasteiger partial charge in [0.2, 0.25) is 5.91 Å². The third-order valence-electron chi connectivity index (χ3n) is 5.31. The lowest BCUT2D eigenvalue weighted by Gasteiger charge is -2.18. The molecule has 1 heterocycles. The number of hydrogen-bond acceptors (Lipinski definition) is 3. The van der Waals surface area contributed by atoms with Crippen molar-refractivity contribution in [3.8, 4) is 5.75 Å². The van der Waals surface area contributed by atoms with Gasteiger partial charge in [0.25, 0.3) is 0 Å². The number of amides is 1. The first-order valence-corrected chi connectivity index (χ1v) is 10.7. The highest BCUT2D eigenvalue weighted by atomic mass is 127. The molecule has 2 aromatic carbocycles. The zero-order valence-corrected chi connectivity index (χ0v) is 20.7. The Morgan fingerprint density at radius 3 is 2.61 bits per heavy atom. The Bertz CT molecular complexity index is 844. The molecule has 1 unspecified atom stereocenters. The number of carbonyl (C=O) groups excluding carboxylic acids is 1. The second-order valence-electron chi connectivity index (χ2n) is 7.49. The number of hydrogen-bond donors (Lipinski definition) is 2. The summed E-state index contributed by atoms with van der Waals surface area (Å²) in [5.74, 6) is 2.16. The number of nitrogens with one attached hydrogen (secondary N) is 2. The Balaban J connectivity index is 0.00000341. The summed E-state index contributed by atoms with van der Waals surface area (Å²) >= 11 is 0. The number of guanidine groups is 1. The van der Waals surface area contributed by atoms with Crippen LogP contribution in [0.2, 0.25) is 0 Å². The number of likely N-dealkylation sites (tertiary alicyclic amines) is 1. The van der Waals surface area contributed by atoms with Crippen molar-refractivity contribution in [3.63, 3.8) is 0 Å². The first-order valence-electron chi connectivity index (χ1n) is 10.7. The summed E-state index contributed by atoms with van der Waals surface area (Å²) < 4.78 is 5.68. The highest BCUT2D eigenvalue weighted by molar-refractivity contribution is 14.0. The van der Waals surface area contributed by atoms with Crippen LogP contribution in [0.3, 0.4) is 0 Å². The second-order valence-corrected chi connectivity index (χ2v) is 7.49. The van der Waals surface area contributed by atoms with Gasteiger partial charge in [0.15, 0.2) is 5.96 Å². The molecule has 2 aromatic rings. The van der Waals surface area contributed by atoms with E-state index < -0.39 is 0 Å². The van der Waals surface area contributed by atoms with Crippen molar-refractivity contribution in [2.75, 3.05) is 33.3 Å². The number of ether oxygens (including phenoxy) is 1. The fourth-order valence-electron chi connectivity index (χ4n) is 3.70. The van der Waals surface area contributed by atoms with Gasteiger partial charge in [-0.25, -0.2) is 0 Å². The van der Waals surface area contributed by atoms with E-state index in [9.17, 15) is 4.79 Å². The lowest BCUT2D eigenvalue weighted by Crippen LogP contribution is -2.40. The smallest absolute Gasteiger partial charge is 0.223 e. The van der Waals surface area contributed by atoms with E-state index in [1.807, 2.05) is 54.3 Å². The van der Waals surface area contributed by atoms with Crippen LogP contribution in [0.4, 0.5) is 0 Å². The van der Waals surface area contributed by atoms with E-state index >= 15 is 0 Å². The molecule has 0 aliphatic carbocycles. The standard InChI is InChI=1S/C24H32N4O2.HI/c1-3-30-22-12-8-7-11-21(22)17-27-24(25-2)26-16-20-15-23(29)28(18-20)14-13-19-9-5-4-6-10-19;/h4-12,20H,3,13-18H2,1-2H3,(H2,25,26,27);1H. The number of rotatable bonds is 9. The van der Waals surface area contributed by atoms with Gasteiger partial charge in [-0.1, -0.05) is 48.5 Å². The first-order chi connectivity index (χ1) is 14.7. The molecule has 6 nitrogen and oxygen atoms in total. The maximum Gasteiger partial charge on any atom is 0.223 e. The van der Waals surface area contributed by atoms with E-state index in [4.69, 9.17) is 4.74 Å². The molecule has 0 saturated carbocycles. The lowest BCUT2D eigenvalue weighted by molar-refractivity contribution is -0.127. The quantitative estimate of drug-likeness (QED) is 0.293. The highest BCUT2D eigenvalue weighted by Gasteiger charge is 2.29. The molecule has 3 rings (SSSR count). The number of benzene rings is 2. The molecule has 31 heavy (non-hydrogen) atoms. The maximum atomic E-state index is 12.4. The van der Waals surface area contributed by atoms with E-state index in [0.29, 0.717) is 25.5 Å². The minimum atomic E-state index is 0. The maximum absolute atomic E-state index is 12.4. The van der Waals surface area contributed by atoms with Gasteiger partial charge in [0.05, 0.1) is 6.61 Å². The van der Waals surface area contributed by atoms with Crippen LogP contribution in [-0.2, 0) is 17.8 Å². The van der Waals surface area contributed by atoms with E-state index in [0.717, 1.165) is 43.3 Å². The number of carbonyl (C=O) groups is 1. The van der Waals surface area contributed by atoms with Crippen molar-refractivity contribution in [1.29, 1.82) is 0 Å². The molecule has 1 saturated heterocycles. The molecule has 2 N–H and O–H groups in total. The summed E-state index contributed by atoms with van der Waals surface area (Å²) in [6.07, 6.45) is 1.49. The molecule has 0 spiro atoms. The van der Waals surface area contributed by atoms with Crippen molar-refractivity contribution >= 4 is 35.8 Å². The normalized spacial score (nSPS) is 16.1. The van der Waals surface area contributed by atoms with Crippen LogP contribution in [0.1, 0.15) is 24.5 Å². The van der Waals surface area contributed by atoms with Gasteiger partial charge in [-0.2, -0.15) is 0 Å². The van der Waals surface area contributed by atoms with Crippen molar-refractivity contribution in [3.05, 3.63) is 65.7 Å². The van der Waals surface area contributed by atoms with Crippen molar-refractivity contribution < 1.29 is 9.53 Å². The van der Waals surface area contributed by atoms with Crippen LogP contribution < -0.4 is 15.4 Å². The van der Waals surface area contributed by atoms with Gasteiger partial charge in [0, 0.05) is 51.1 Å². The number of nitrogens with zero attached hydrogens (tertiary/aromatic N) is 2. The molecule has 1 aliphatic heterocycles. The fraction of sp³-hybridized carbons (Fsp3) is 0.417. The van der Waals surface area contributed by atoms with Gasteiger partial charge in [0.1, 0.15) is 5.75 Å². The Hall–Kier alpha value is -2.29. The predicted octanol–water partition coefficient (Wildman–Crippen LogP) is 3.46. The Kier molecular flexibility index (Phi) is 10.6. The first kappa shape index (κ1) is 25.0. The third-order valence-corrected chi connectivity index (χ3v) is 5.31. The van der Waals surface area contributed by atoms with Gasteiger partial charge >= 0.3 is 0 Å². The average molecular weight is 536 g/mol. The van der Waals surface area contributed by atoms with Crippen LogP contribution in [0.15, 0.2) is 59.6 Å². The molecular weight excluding hydrogens is 503 g/mol. The molecule has 1 fully saturated rings.